The number of hydrogen-bond acceptors (Lipinski definition) is 6. The van der Waals surface area contributed by atoms with Crippen molar-refractivity contribution in [3.05, 3.63) is 34.6 Å². The van der Waals surface area contributed by atoms with Gasteiger partial charge in [-0.3, -0.25) is 14.4 Å². The fourth-order valence-corrected chi connectivity index (χ4v) is 2.19. The third-order valence-corrected chi connectivity index (χ3v) is 3.41. The Morgan fingerprint density at radius 3 is 2.87 bits per heavy atom. The first-order chi connectivity index (χ1) is 11.1. The summed E-state index contributed by atoms with van der Waals surface area (Å²) in [5.74, 6) is -0.577. The van der Waals surface area contributed by atoms with E-state index in [1.54, 1.807) is 24.3 Å². The molecule has 118 valence electrons. The van der Waals surface area contributed by atoms with Gasteiger partial charge in [0.1, 0.15) is 11.2 Å². The minimum absolute atomic E-state index is 0.196. The van der Waals surface area contributed by atoms with Crippen LogP contribution in [0.5, 0.6) is 0 Å². The van der Waals surface area contributed by atoms with Crippen molar-refractivity contribution < 1.29 is 9.59 Å². The number of rotatable bonds is 4. The van der Waals surface area contributed by atoms with Crippen LogP contribution in [0.15, 0.2) is 34.2 Å². The average molecular weight is 314 g/mol. The topological polar surface area (TPSA) is 118 Å². The van der Waals surface area contributed by atoms with Crippen molar-refractivity contribution in [3.63, 3.8) is 0 Å². The molecule has 0 bridgehead atoms. The number of hydrogen-bond donors (Lipinski definition) is 2. The number of nitrogens with one attached hydrogen (secondary N) is 2. The Kier molecular flexibility index (Phi) is 4.09. The van der Waals surface area contributed by atoms with E-state index in [9.17, 15) is 14.4 Å². The Labute approximate surface area is 130 Å². The maximum Gasteiger partial charge on any atom is 0.277 e. The lowest BCUT2D eigenvalue weighted by Gasteiger charge is -2.12. The van der Waals surface area contributed by atoms with Gasteiger partial charge >= 0.3 is 0 Å². The molecule has 1 aliphatic rings. The fraction of sp³-hybridized carbons (Fsp3) is 0.286. The van der Waals surface area contributed by atoms with E-state index in [0.717, 1.165) is 0 Å². The first-order valence-corrected chi connectivity index (χ1v) is 7.11. The molecular weight excluding hydrogens is 300 g/mol. The second-order valence-electron chi connectivity index (χ2n) is 4.98. The Morgan fingerprint density at radius 2 is 2.09 bits per heavy atom. The molecule has 0 fully saturated rings. The second kappa shape index (κ2) is 6.34. The number of hydrazone groups is 1. The van der Waals surface area contributed by atoms with Crippen LogP contribution in [0.25, 0.3) is 10.9 Å². The van der Waals surface area contributed by atoms with E-state index >= 15 is 0 Å². The van der Waals surface area contributed by atoms with Crippen molar-refractivity contribution in [1.29, 1.82) is 0 Å². The monoisotopic (exact) mass is 314 g/mol. The minimum Gasteiger partial charge on any atom is -0.349 e. The predicted octanol–water partition coefficient (Wildman–Crippen LogP) is -0.826. The number of amides is 2. The van der Waals surface area contributed by atoms with Crippen LogP contribution < -0.4 is 16.3 Å². The molecule has 9 nitrogen and oxygen atoms in total. The van der Waals surface area contributed by atoms with Crippen molar-refractivity contribution in [1.82, 2.24) is 25.7 Å². The zero-order valence-corrected chi connectivity index (χ0v) is 12.2. The molecule has 0 saturated heterocycles. The van der Waals surface area contributed by atoms with E-state index < -0.39 is 0 Å². The number of benzene rings is 1. The van der Waals surface area contributed by atoms with E-state index in [1.165, 1.54) is 4.68 Å². The minimum atomic E-state index is -0.369. The van der Waals surface area contributed by atoms with Crippen LogP contribution in [0.3, 0.4) is 0 Å². The van der Waals surface area contributed by atoms with Gasteiger partial charge in [0.2, 0.25) is 5.91 Å². The highest BCUT2D eigenvalue weighted by Crippen LogP contribution is 2.03. The molecule has 3 rings (SSSR count). The largest absolute Gasteiger partial charge is 0.349 e. The standard InChI is InChI=1S/C14H14N6O3/c21-12-6-5-11(16-18-12)13(22)15-7-8-20-14(23)9-3-1-2-4-10(9)17-19-20/h1-4H,5-8H2,(H,15,22)(H,18,21). The van der Waals surface area contributed by atoms with E-state index in [0.29, 0.717) is 17.3 Å². The highest BCUT2D eigenvalue weighted by atomic mass is 16.2. The van der Waals surface area contributed by atoms with Crippen LogP contribution in [0, 0.1) is 0 Å². The van der Waals surface area contributed by atoms with E-state index in [4.69, 9.17) is 0 Å². The van der Waals surface area contributed by atoms with Crippen molar-refractivity contribution in [2.75, 3.05) is 6.54 Å². The molecular formula is C14H14N6O3. The quantitative estimate of drug-likeness (QED) is 0.764. The van der Waals surface area contributed by atoms with Gasteiger partial charge in [-0.25, -0.2) is 10.1 Å². The van der Waals surface area contributed by atoms with Crippen LogP contribution in [-0.2, 0) is 16.1 Å². The van der Waals surface area contributed by atoms with Crippen molar-refractivity contribution in [2.24, 2.45) is 5.10 Å². The predicted molar refractivity (Wildman–Crippen MR) is 81.6 cm³/mol. The maximum absolute atomic E-state index is 12.2. The third kappa shape index (κ3) is 3.23. The van der Waals surface area contributed by atoms with Crippen LogP contribution in [0.1, 0.15) is 12.8 Å². The van der Waals surface area contributed by atoms with Gasteiger partial charge < -0.3 is 5.32 Å². The smallest absolute Gasteiger partial charge is 0.277 e. The molecule has 0 spiro atoms. The van der Waals surface area contributed by atoms with Gasteiger partial charge in [0.25, 0.3) is 11.5 Å². The van der Waals surface area contributed by atoms with Gasteiger partial charge in [-0.1, -0.05) is 17.3 Å². The summed E-state index contributed by atoms with van der Waals surface area (Å²) in [5.41, 5.74) is 2.80. The van der Waals surface area contributed by atoms with Gasteiger partial charge in [0, 0.05) is 19.4 Å². The summed E-state index contributed by atoms with van der Waals surface area (Å²) in [4.78, 5) is 35.1. The summed E-state index contributed by atoms with van der Waals surface area (Å²) in [6.07, 6.45) is 0.537. The summed E-state index contributed by atoms with van der Waals surface area (Å²) in [5, 5.41) is 14.6. The first-order valence-electron chi connectivity index (χ1n) is 7.11. The van der Waals surface area contributed by atoms with Gasteiger partial charge in [0.05, 0.1) is 11.9 Å². The zero-order valence-electron chi connectivity index (χ0n) is 12.2. The molecule has 0 saturated carbocycles. The molecule has 1 aliphatic heterocycles. The molecule has 0 atom stereocenters. The van der Waals surface area contributed by atoms with E-state index in [2.05, 4.69) is 26.2 Å². The summed E-state index contributed by atoms with van der Waals surface area (Å²) in [6, 6.07) is 6.93. The molecule has 9 heteroatoms. The Balaban J connectivity index is 1.63. The van der Waals surface area contributed by atoms with Gasteiger partial charge in [-0.15, -0.1) is 5.10 Å². The Bertz CT molecular complexity index is 857. The lowest BCUT2D eigenvalue weighted by molar-refractivity contribution is -0.121. The van der Waals surface area contributed by atoms with Crippen molar-refractivity contribution in [3.8, 4) is 0 Å². The zero-order chi connectivity index (χ0) is 16.2. The number of nitrogens with zero attached hydrogens (tertiary/aromatic N) is 4. The molecule has 2 aromatic rings. The van der Waals surface area contributed by atoms with Crippen molar-refractivity contribution >= 4 is 28.4 Å². The highest BCUT2D eigenvalue weighted by molar-refractivity contribution is 6.39. The second-order valence-corrected chi connectivity index (χ2v) is 4.98. The van der Waals surface area contributed by atoms with Crippen LogP contribution in [-0.4, -0.2) is 39.1 Å². The SMILES string of the molecule is O=C1CCC(C(=O)NCCn2nnc3ccccc3c2=O)=NN1. The summed E-state index contributed by atoms with van der Waals surface area (Å²) < 4.78 is 1.20. The maximum atomic E-state index is 12.2. The highest BCUT2D eigenvalue weighted by Gasteiger charge is 2.17. The molecule has 0 radical (unpaired) electrons. The molecule has 2 N–H and O–H groups in total. The summed E-state index contributed by atoms with van der Waals surface area (Å²) in [6.45, 7) is 0.404. The summed E-state index contributed by atoms with van der Waals surface area (Å²) >= 11 is 0. The average Bonchev–Trinajstić information content (AvgIpc) is 2.57. The van der Waals surface area contributed by atoms with Crippen LogP contribution in [0.4, 0.5) is 0 Å². The van der Waals surface area contributed by atoms with E-state index in [-0.39, 0.29) is 42.6 Å². The molecule has 1 aromatic heterocycles. The molecule has 0 unspecified atom stereocenters. The van der Waals surface area contributed by atoms with Crippen LogP contribution >= 0.6 is 0 Å². The van der Waals surface area contributed by atoms with E-state index in [1.807, 2.05) is 0 Å². The number of carbonyl (C=O) groups is 2. The van der Waals surface area contributed by atoms with Gasteiger partial charge in [-0.05, 0) is 12.1 Å². The van der Waals surface area contributed by atoms with Crippen LogP contribution in [0.2, 0.25) is 0 Å². The molecule has 2 heterocycles. The Hall–Kier alpha value is -3.10. The lowest BCUT2D eigenvalue weighted by atomic mass is 10.1. The molecule has 0 aliphatic carbocycles. The van der Waals surface area contributed by atoms with Gasteiger partial charge in [0.15, 0.2) is 0 Å². The number of fused-ring (bicyclic) bond motifs is 1. The third-order valence-electron chi connectivity index (χ3n) is 3.41. The van der Waals surface area contributed by atoms with Crippen molar-refractivity contribution in [2.45, 2.75) is 19.4 Å². The normalized spacial score (nSPS) is 14.3. The number of carbonyl (C=O) groups excluding carboxylic acids is 2. The van der Waals surface area contributed by atoms with Gasteiger partial charge in [-0.2, -0.15) is 5.10 Å². The lowest BCUT2D eigenvalue weighted by Crippen LogP contribution is -2.39. The fourth-order valence-electron chi connectivity index (χ4n) is 2.19. The Morgan fingerprint density at radius 1 is 1.26 bits per heavy atom. The molecule has 2 amide bonds. The number of aromatic nitrogens is 3. The molecule has 23 heavy (non-hydrogen) atoms. The summed E-state index contributed by atoms with van der Waals surface area (Å²) in [7, 11) is 0. The molecule has 1 aromatic carbocycles. The first kappa shape index (κ1) is 14.8.